The lowest BCUT2D eigenvalue weighted by Gasteiger charge is -2.08. The number of nitrogens with one attached hydrogen (secondary N) is 1. The number of rotatable bonds is 6. The van der Waals surface area contributed by atoms with Crippen molar-refractivity contribution >= 4 is 16.9 Å². The van der Waals surface area contributed by atoms with Crippen LogP contribution in [0.3, 0.4) is 0 Å². The number of aromatic amines is 1. The molecule has 2 N–H and O–H groups in total. The van der Waals surface area contributed by atoms with Crippen LogP contribution in [0.4, 0.5) is 0 Å². The molecular weight excluding hydrogens is 350 g/mol. The molecule has 0 aliphatic heterocycles. The van der Waals surface area contributed by atoms with E-state index in [-0.39, 0.29) is 0 Å². The van der Waals surface area contributed by atoms with Crippen molar-refractivity contribution in [1.82, 2.24) is 4.98 Å². The standard InChI is InChI=1S/C24H21NO3/c1-16-21(22-14-19(24(26)27)9-12-23(22)25-16)13-17-7-10-20(11-8-17)28-15-18-5-3-2-4-6-18/h2-12,14,25H,13,15H2,1H3,(H,26,27). The highest BCUT2D eigenvalue weighted by atomic mass is 16.5. The molecule has 0 amide bonds. The molecule has 0 saturated heterocycles. The van der Waals surface area contributed by atoms with Crippen LogP contribution in [0.1, 0.15) is 32.7 Å². The number of benzene rings is 3. The number of carbonyl (C=O) groups is 1. The van der Waals surface area contributed by atoms with Crippen molar-refractivity contribution in [2.75, 3.05) is 0 Å². The van der Waals surface area contributed by atoms with Crippen LogP contribution in [0.2, 0.25) is 0 Å². The Balaban J connectivity index is 1.52. The van der Waals surface area contributed by atoms with Crippen molar-refractivity contribution in [3.63, 3.8) is 0 Å². The van der Waals surface area contributed by atoms with Gasteiger partial charge in [-0.3, -0.25) is 0 Å². The summed E-state index contributed by atoms with van der Waals surface area (Å²) < 4.78 is 5.85. The van der Waals surface area contributed by atoms with Gasteiger partial charge in [-0.15, -0.1) is 0 Å². The third kappa shape index (κ3) is 3.76. The molecule has 0 fully saturated rings. The van der Waals surface area contributed by atoms with Crippen molar-refractivity contribution in [3.05, 3.63) is 101 Å². The Morgan fingerprint density at radius 3 is 2.43 bits per heavy atom. The monoisotopic (exact) mass is 371 g/mol. The minimum Gasteiger partial charge on any atom is -0.489 e. The second-order valence-corrected chi connectivity index (χ2v) is 6.89. The lowest BCUT2D eigenvalue weighted by atomic mass is 10.0. The fourth-order valence-electron chi connectivity index (χ4n) is 3.39. The van der Waals surface area contributed by atoms with Gasteiger partial charge in [0.05, 0.1) is 5.56 Å². The fourth-order valence-corrected chi connectivity index (χ4v) is 3.39. The van der Waals surface area contributed by atoms with Gasteiger partial charge in [0.15, 0.2) is 0 Å². The smallest absolute Gasteiger partial charge is 0.335 e. The third-order valence-electron chi connectivity index (χ3n) is 4.92. The van der Waals surface area contributed by atoms with Gasteiger partial charge in [-0.1, -0.05) is 42.5 Å². The summed E-state index contributed by atoms with van der Waals surface area (Å²) in [6.07, 6.45) is 0.730. The molecule has 140 valence electrons. The van der Waals surface area contributed by atoms with E-state index in [1.165, 1.54) is 0 Å². The molecule has 0 radical (unpaired) electrons. The number of carboxylic acid groups (broad SMARTS) is 1. The number of fused-ring (bicyclic) bond motifs is 1. The van der Waals surface area contributed by atoms with Crippen LogP contribution in [0.15, 0.2) is 72.8 Å². The second kappa shape index (κ2) is 7.61. The summed E-state index contributed by atoms with van der Waals surface area (Å²) in [5.41, 5.74) is 5.72. The molecule has 28 heavy (non-hydrogen) atoms. The number of H-pyrrole nitrogens is 1. The number of aryl methyl sites for hydroxylation is 1. The molecular formula is C24H21NO3. The third-order valence-corrected chi connectivity index (χ3v) is 4.92. The van der Waals surface area contributed by atoms with Crippen molar-refractivity contribution < 1.29 is 14.6 Å². The largest absolute Gasteiger partial charge is 0.489 e. The molecule has 0 saturated carbocycles. The molecule has 4 rings (SSSR count). The van der Waals surface area contributed by atoms with E-state index in [1.54, 1.807) is 12.1 Å². The predicted molar refractivity (Wildman–Crippen MR) is 110 cm³/mol. The average Bonchev–Trinajstić information content (AvgIpc) is 3.02. The minimum atomic E-state index is -0.911. The van der Waals surface area contributed by atoms with Crippen LogP contribution >= 0.6 is 0 Å². The quantitative estimate of drug-likeness (QED) is 0.481. The summed E-state index contributed by atoms with van der Waals surface area (Å²) in [6.45, 7) is 2.56. The zero-order chi connectivity index (χ0) is 19.5. The lowest BCUT2D eigenvalue weighted by molar-refractivity contribution is 0.0697. The van der Waals surface area contributed by atoms with Crippen LogP contribution in [0.5, 0.6) is 5.75 Å². The topological polar surface area (TPSA) is 62.3 Å². The van der Waals surface area contributed by atoms with Crippen molar-refractivity contribution in [2.24, 2.45) is 0 Å². The SMILES string of the molecule is Cc1[nH]c2ccc(C(=O)O)cc2c1Cc1ccc(OCc2ccccc2)cc1. The van der Waals surface area contributed by atoms with Crippen molar-refractivity contribution in [3.8, 4) is 5.75 Å². The lowest BCUT2D eigenvalue weighted by Crippen LogP contribution is -1.96. The highest BCUT2D eigenvalue weighted by Crippen LogP contribution is 2.26. The summed E-state index contributed by atoms with van der Waals surface area (Å²) in [6, 6.07) is 23.3. The molecule has 4 nitrogen and oxygen atoms in total. The first kappa shape index (κ1) is 17.9. The Labute approximate surface area is 163 Å². The average molecular weight is 371 g/mol. The van der Waals surface area contributed by atoms with Gasteiger partial charge < -0.3 is 14.8 Å². The predicted octanol–water partition coefficient (Wildman–Crippen LogP) is 5.34. The zero-order valence-electron chi connectivity index (χ0n) is 15.6. The molecule has 0 atom stereocenters. The van der Waals surface area contributed by atoms with Crippen LogP contribution in [-0.4, -0.2) is 16.1 Å². The number of aromatic nitrogens is 1. The van der Waals surface area contributed by atoms with Gasteiger partial charge in [-0.05, 0) is 60.4 Å². The highest BCUT2D eigenvalue weighted by molar-refractivity contribution is 5.95. The zero-order valence-corrected chi connectivity index (χ0v) is 15.6. The fraction of sp³-hybridized carbons (Fsp3) is 0.125. The maximum atomic E-state index is 11.3. The summed E-state index contributed by atoms with van der Waals surface area (Å²) >= 11 is 0. The van der Waals surface area contributed by atoms with E-state index in [0.717, 1.165) is 45.5 Å². The van der Waals surface area contributed by atoms with Crippen LogP contribution < -0.4 is 4.74 Å². The van der Waals surface area contributed by atoms with Gasteiger partial charge in [0.2, 0.25) is 0 Å². The van der Waals surface area contributed by atoms with Gasteiger partial charge in [-0.25, -0.2) is 4.79 Å². The molecule has 1 heterocycles. The van der Waals surface area contributed by atoms with E-state index in [2.05, 4.69) is 17.1 Å². The van der Waals surface area contributed by atoms with Gasteiger partial charge in [0, 0.05) is 16.6 Å². The Kier molecular flexibility index (Phi) is 4.85. The second-order valence-electron chi connectivity index (χ2n) is 6.89. The molecule has 1 aromatic heterocycles. The molecule has 4 heteroatoms. The first-order valence-corrected chi connectivity index (χ1v) is 9.20. The number of carboxylic acids is 1. The summed E-state index contributed by atoms with van der Waals surface area (Å²) in [5, 5.41) is 10.2. The molecule has 0 aliphatic rings. The van der Waals surface area contributed by atoms with E-state index in [1.807, 2.05) is 55.5 Å². The maximum Gasteiger partial charge on any atom is 0.335 e. The summed E-state index contributed by atoms with van der Waals surface area (Å²) in [4.78, 5) is 14.6. The number of ether oxygens (including phenoxy) is 1. The molecule has 4 aromatic rings. The first-order chi connectivity index (χ1) is 13.6. The highest BCUT2D eigenvalue weighted by Gasteiger charge is 2.12. The number of aromatic carboxylic acids is 1. The van der Waals surface area contributed by atoms with Gasteiger partial charge in [0.1, 0.15) is 12.4 Å². The van der Waals surface area contributed by atoms with E-state index < -0.39 is 5.97 Å². The van der Waals surface area contributed by atoms with Crippen molar-refractivity contribution in [2.45, 2.75) is 20.0 Å². The molecule has 0 unspecified atom stereocenters. The van der Waals surface area contributed by atoms with Crippen molar-refractivity contribution in [1.29, 1.82) is 0 Å². The minimum absolute atomic E-state index is 0.303. The van der Waals surface area contributed by atoms with Gasteiger partial charge in [0.25, 0.3) is 0 Å². The van der Waals surface area contributed by atoms with Crippen LogP contribution in [0.25, 0.3) is 10.9 Å². The summed E-state index contributed by atoms with van der Waals surface area (Å²) in [5.74, 6) is -0.0805. The van der Waals surface area contributed by atoms with Crippen LogP contribution in [-0.2, 0) is 13.0 Å². The van der Waals surface area contributed by atoms with Gasteiger partial charge >= 0.3 is 5.97 Å². The molecule has 0 bridgehead atoms. The maximum absolute atomic E-state index is 11.3. The van der Waals surface area contributed by atoms with E-state index in [9.17, 15) is 9.90 Å². The van der Waals surface area contributed by atoms with E-state index >= 15 is 0 Å². The van der Waals surface area contributed by atoms with E-state index in [0.29, 0.717) is 12.2 Å². The molecule has 0 aliphatic carbocycles. The number of hydrogen-bond acceptors (Lipinski definition) is 2. The Bertz CT molecular complexity index is 1110. The Morgan fingerprint density at radius 1 is 0.964 bits per heavy atom. The molecule has 3 aromatic carbocycles. The normalized spacial score (nSPS) is 10.9. The Hall–Kier alpha value is -3.53. The number of hydrogen-bond donors (Lipinski definition) is 2. The molecule has 0 spiro atoms. The van der Waals surface area contributed by atoms with E-state index in [4.69, 9.17) is 4.74 Å². The first-order valence-electron chi connectivity index (χ1n) is 9.20. The Morgan fingerprint density at radius 2 is 1.71 bits per heavy atom. The van der Waals surface area contributed by atoms with Gasteiger partial charge in [-0.2, -0.15) is 0 Å². The summed E-state index contributed by atoms with van der Waals surface area (Å²) in [7, 11) is 0. The van der Waals surface area contributed by atoms with Crippen LogP contribution in [0, 0.1) is 6.92 Å².